The second-order valence-corrected chi connectivity index (χ2v) is 6.43. The summed E-state index contributed by atoms with van der Waals surface area (Å²) in [5, 5.41) is 2.78. The molecule has 1 N–H and O–H groups in total. The molecule has 2 aromatic carbocycles. The molecule has 0 saturated heterocycles. The van der Waals surface area contributed by atoms with Crippen LogP contribution in [0, 0.1) is 5.82 Å². The number of rotatable bonds is 10. The highest BCUT2D eigenvalue weighted by atomic mass is 19.1. The van der Waals surface area contributed by atoms with Gasteiger partial charge in [-0.3, -0.25) is 9.59 Å². The van der Waals surface area contributed by atoms with Crippen molar-refractivity contribution in [1.82, 2.24) is 10.2 Å². The van der Waals surface area contributed by atoms with Crippen molar-refractivity contribution < 1.29 is 23.5 Å². The maximum absolute atomic E-state index is 13.0. The molecule has 2 aromatic rings. The minimum atomic E-state index is -0.634. The van der Waals surface area contributed by atoms with Crippen LogP contribution in [-0.2, 0) is 16.1 Å². The number of carbonyl (C=O) groups is 2. The van der Waals surface area contributed by atoms with Gasteiger partial charge in [0.25, 0.3) is 5.91 Å². The van der Waals surface area contributed by atoms with Gasteiger partial charge in [-0.25, -0.2) is 4.39 Å². The Morgan fingerprint density at radius 2 is 1.83 bits per heavy atom. The largest absolute Gasteiger partial charge is 0.497 e. The topological polar surface area (TPSA) is 67.9 Å². The number of ether oxygens (including phenoxy) is 2. The first kappa shape index (κ1) is 22.2. The number of halogens is 1. The Kier molecular flexibility index (Phi) is 8.45. The van der Waals surface area contributed by atoms with E-state index >= 15 is 0 Å². The van der Waals surface area contributed by atoms with Crippen molar-refractivity contribution in [2.75, 3.05) is 20.3 Å². The molecule has 0 aliphatic carbocycles. The predicted molar refractivity (Wildman–Crippen MR) is 108 cm³/mol. The molecule has 0 radical (unpaired) electrons. The van der Waals surface area contributed by atoms with Gasteiger partial charge in [0.15, 0.2) is 6.61 Å². The molecule has 2 rings (SSSR count). The minimum Gasteiger partial charge on any atom is -0.497 e. The van der Waals surface area contributed by atoms with Crippen LogP contribution in [0.3, 0.4) is 0 Å². The molecule has 156 valence electrons. The average Bonchev–Trinajstić information content (AvgIpc) is 2.73. The molecule has 0 aliphatic heterocycles. The lowest BCUT2D eigenvalue weighted by Gasteiger charge is -2.30. The summed E-state index contributed by atoms with van der Waals surface area (Å²) < 4.78 is 23.8. The van der Waals surface area contributed by atoms with Crippen LogP contribution in [0.15, 0.2) is 48.5 Å². The van der Waals surface area contributed by atoms with Crippen LogP contribution >= 0.6 is 0 Å². The summed E-state index contributed by atoms with van der Waals surface area (Å²) in [6, 6.07) is 12.1. The van der Waals surface area contributed by atoms with E-state index in [9.17, 15) is 14.0 Å². The molecule has 0 spiro atoms. The van der Waals surface area contributed by atoms with Crippen molar-refractivity contribution in [3.05, 3.63) is 59.9 Å². The van der Waals surface area contributed by atoms with Gasteiger partial charge in [0.2, 0.25) is 5.91 Å². The molecule has 0 heterocycles. The number of likely N-dealkylation sites (N-methyl/N-ethyl adjacent to an activating group) is 1. The molecule has 0 aromatic heterocycles. The van der Waals surface area contributed by atoms with Gasteiger partial charge in [0.1, 0.15) is 23.4 Å². The van der Waals surface area contributed by atoms with E-state index in [0.717, 1.165) is 5.56 Å². The van der Waals surface area contributed by atoms with Crippen LogP contribution in [0.4, 0.5) is 4.39 Å². The van der Waals surface area contributed by atoms with E-state index in [0.29, 0.717) is 24.5 Å². The van der Waals surface area contributed by atoms with E-state index < -0.39 is 6.04 Å². The second-order valence-electron chi connectivity index (χ2n) is 6.43. The number of nitrogens with one attached hydrogen (secondary N) is 1. The van der Waals surface area contributed by atoms with E-state index in [2.05, 4.69) is 5.32 Å². The molecule has 1 unspecified atom stereocenters. The fourth-order valence-corrected chi connectivity index (χ4v) is 2.94. The first-order valence-corrected chi connectivity index (χ1v) is 9.56. The number of carbonyl (C=O) groups excluding carboxylic acids is 2. The van der Waals surface area contributed by atoms with Crippen molar-refractivity contribution in [3.63, 3.8) is 0 Å². The van der Waals surface area contributed by atoms with E-state index in [1.807, 2.05) is 38.1 Å². The first-order chi connectivity index (χ1) is 14.0. The second kappa shape index (κ2) is 11.0. The molecule has 0 fully saturated rings. The molecule has 0 aliphatic rings. The molecule has 0 saturated carbocycles. The minimum absolute atomic E-state index is 0.215. The van der Waals surface area contributed by atoms with Gasteiger partial charge < -0.3 is 19.7 Å². The third-order valence-electron chi connectivity index (χ3n) is 4.40. The number of hydrogen-bond donors (Lipinski definition) is 1. The highest BCUT2D eigenvalue weighted by Gasteiger charge is 2.28. The van der Waals surface area contributed by atoms with Crippen LogP contribution in [0.2, 0.25) is 0 Å². The van der Waals surface area contributed by atoms with Gasteiger partial charge in [-0.2, -0.15) is 0 Å². The molecular formula is C22H27FN2O4. The van der Waals surface area contributed by atoms with Gasteiger partial charge in [-0.05, 0) is 55.3 Å². The van der Waals surface area contributed by atoms with Gasteiger partial charge in [0, 0.05) is 13.1 Å². The number of hydrogen-bond acceptors (Lipinski definition) is 4. The average molecular weight is 402 g/mol. The normalized spacial score (nSPS) is 11.4. The van der Waals surface area contributed by atoms with Crippen molar-refractivity contribution in [1.29, 1.82) is 0 Å². The first-order valence-electron chi connectivity index (χ1n) is 9.56. The van der Waals surface area contributed by atoms with Crippen LogP contribution in [0.25, 0.3) is 0 Å². The fraction of sp³-hybridized carbons (Fsp3) is 0.364. The molecule has 0 bridgehead atoms. The van der Waals surface area contributed by atoms with E-state index in [1.54, 1.807) is 7.11 Å². The smallest absolute Gasteiger partial charge is 0.261 e. The maximum atomic E-state index is 13.0. The standard InChI is InChI=1S/C22H27FN2O4/c1-4-20(22(27)24-5-2)25(14-16-7-6-8-19(13-16)28-3)21(26)15-29-18-11-9-17(23)10-12-18/h6-13,20H,4-5,14-15H2,1-3H3,(H,24,27). The monoisotopic (exact) mass is 402 g/mol. The summed E-state index contributed by atoms with van der Waals surface area (Å²) in [5.74, 6) is 0.115. The molecular weight excluding hydrogens is 375 g/mol. The summed E-state index contributed by atoms with van der Waals surface area (Å²) in [7, 11) is 1.57. The maximum Gasteiger partial charge on any atom is 0.261 e. The summed E-state index contributed by atoms with van der Waals surface area (Å²) in [6.07, 6.45) is 0.456. The molecule has 7 heteroatoms. The Labute approximate surface area is 170 Å². The van der Waals surface area contributed by atoms with Crippen molar-refractivity contribution in [2.24, 2.45) is 0 Å². The Bertz CT molecular complexity index is 811. The number of methoxy groups -OCH3 is 1. The van der Waals surface area contributed by atoms with E-state index in [4.69, 9.17) is 9.47 Å². The summed E-state index contributed by atoms with van der Waals surface area (Å²) in [5.41, 5.74) is 0.835. The van der Waals surface area contributed by atoms with Crippen LogP contribution in [0.5, 0.6) is 11.5 Å². The van der Waals surface area contributed by atoms with E-state index in [-0.39, 0.29) is 30.8 Å². The fourth-order valence-electron chi connectivity index (χ4n) is 2.94. The van der Waals surface area contributed by atoms with E-state index in [1.165, 1.54) is 29.2 Å². The Balaban J connectivity index is 2.20. The SMILES string of the molecule is CCNC(=O)C(CC)N(Cc1cccc(OC)c1)C(=O)COc1ccc(F)cc1. The number of amides is 2. The number of nitrogens with zero attached hydrogens (tertiary/aromatic N) is 1. The molecule has 1 atom stereocenters. The molecule has 6 nitrogen and oxygen atoms in total. The summed E-state index contributed by atoms with van der Waals surface area (Å²) in [4.78, 5) is 27.0. The molecule has 29 heavy (non-hydrogen) atoms. The lowest BCUT2D eigenvalue weighted by Crippen LogP contribution is -2.50. The van der Waals surface area contributed by atoms with Crippen LogP contribution < -0.4 is 14.8 Å². The van der Waals surface area contributed by atoms with Gasteiger partial charge >= 0.3 is 0 Å². The van der Waals surface area contributed by atoms with Crippen LogP contribution in [0.1, 0.15) is 25.8 Å². The van der Waals surface area contributed by atoms with Crippen molar-refractivity contribution in [3.8, 4) is 11.5 Å². The lowest BCUT2D eigenvalue weighted by molar-refractivity contribution is -0.142. The predicted octanol–water partition coefficient (Wildman–Crippen LogP) is 3.16. The molecule has 2 amide bonds. The quantitative estimate of drug-likeness (QED) is 0.663. The van der Waals surface area contributed by atoms with Gasteiger partial charge in [0.05, 0.1) is 7.11 Å². The lowest BCUT2D eigenvalue weighted by atomic mass is 10.1. The highest BCUT2D eigenvalue weighted by Crippen LogP contribution is 2.18. The van der Waals surface area contributed by atoms with Crippen molar-refractivity contribution in [2.45, 2.75) is 32.9 Å². The summed E-state index contributed by atoms with van der Waals surface area (Å²) in [6.45, 7) is 4.13. The third-order valence-corrected chi connectivity index (χ3v) is 4.40. The summed E-state index contributed by atoms with van der Waals surface area (Å²) >= 11 is 0. The number of benzene rings is 2. The Hall–Kier alpha value is -3.09. The van der Waals surface area contributed by atoms with Crippen LogP contribution in [-0.4, -0.2) is 43.0 Å². The zero-order valence-electron chi connectivity index (χ0n) is 17.0. The van der Waals surface area contributed by atoms with Gasteiger partial charge in [-0.15, -0.1) is 0 Å². The third kappa shape index (κ3) is 6.48. The Morgan fingerprint density at radius 1 is 1.10 bits per heavy atom. The Morgan fingerprint density at radius 3 is 2.45 bits per heavy atom. The highest BCUT2D eigenvalue weighted by molar-refractivity contribution is 5.88. The van der Waals surface area contributed by atoms with Crippen molar-refractivity contribution >= 4 is 11.8 Å². The zero-order valence-corrected chi connectivity index (χ0v) is 17.0. The zero-order chi connectivity index (χ0) is 21.2. The van der Waals surface area contributed by atoms with Gasteiger partial charge in [-0.1, -0.05) is 19.1 Å².